The summed E-state index contributed by atoms with van der Waals surface area (Å²) in [7, 11) is 0. The van der Waals surface area contributed by atoms with E-state index in [1.54, 1.807) is 12.1 Å². The van der Waals surface area contributed by atoms with Crippen LogP contribution in [0.2, 0.25) is 0 Å². The molecule has 0 spiro atoms. The lowest BCUT2D eigenvalue weighted by Gasteiger charge is -2.18. The number of hydrogen-bond acceptors (Lipinski definition) is 2. The highest BCUT2D eigenvalue weighted by atomic mass is 19.2. The third-order valence-electron chi connectivity index (χ3n) is 4.81. The molecule has 114 valence electrons. The van der Waals surface area contributed by atoms with Gasteiger partial charge in [0, 0.05) is 23.2 Å². The number of benzene rings is 2. The molecular formula is C18H18F2N2. The topological polar surface area (TPSA) is 24.1 Å². The van der Waals surface area contributed by atoms with E-state index in [0.29, 0.717) is 17.5 Å². The van der Waals surface area contributed by atoms with Gasteiger partial charge in [-0.1, -0.05) is 24.3 Å². The lowest BCUT2D eigenvalue weighted by atomic mass is 9.86. The fourth-order valence-electron chi connectivity index (χ4n) is 3.80. The molecule has 1 fully saturated rings. The molecule has 2 unspecified atom stereocenters. The number of hydrogen-bond donors (Lipinski definition) is 2. The first-order chi connectivity index (χ1) is 10.8. The molecule has 0 radical (unpaired) electrons. The molecule has 4 heteroatoms. The van der Waals surface area contributed by atoms with Gasteiger partial charge in [0.2, 0.25) is 0 Å². The van der Waals surface area contributed by atoms with Gasteiger partial charge in [-0.3, -0.25) is 0 Å². The maximum Gasteiger partial charge on any atom is 0.166 e. The molecule has 0 saturated carbocycles. The van der Waals surface area contributed by atoms with Crippen LogP contribution in [0, 0.1) is 11.6 Å². The first-order valence-corrected chi connectivity index (χ1v) is 7.80. The summed E-state index contributed by atoms with van der Waals surface area (Å²) >= 11 is 0. The second-order valence-electron chi connectivity index (χ2n) is 6.05. The summed E-state index contributed by atoms with van der Waals surface area (Å²) in [5.41, 5.74) is 3.38. The molecule has 2 nitrogen and oxygen atoms in total. The third-order valence-corrected chi connectivity index (χ3v) is 4.81. The fraction of sp³-hybridized carbons (Fsp3) is 0.333. The highest BCUT2D eigenvalue weighted by Crippen LogP contribution is 2.45. The monoisotopic (exact) mass is 300 g/mol. The molecule has 0 amide bonds. The Morgan fingerprint density at radius 1 is 0.909 bits per heavy atom. The molecule has 0 bridgehead atoms. The van der Waals surface area contributed by atoms with Gasteiger partial charge < -0.3 is 10.6 Å². The van der Waals surface area contributed by atoms with Crippen LogP contribution in [0.3, 0.4) is 0 Å². The molecule has 4 rings (SSSR count). The Kier molecular flexibility index (Phi) is 3.34. The zero-order valence-electron chi connectivity index (χ0n) is 12.2. The van der Waals surface area contributed by atoms with E-state index in [-0.39, 0.29) is 0 Å². The first-order valence-electron chi connectivity index (χ1n) is 7.80. The van der Waals surface area contributed by atoms with Gasteiger partial charge in [-0.05, 0) is 49.2 Å². The molecule has 2 aromatic rings. The van der Waals surface area contributed by atoms with Crippen molar-refractivity contribution in [1.29, 1.82) is 0 Å². The minimum Gasteiger partial charge on any atom is -0.381 e. The SMILES string of the molecule is Fc1cccc(-c2cccc3c2C2CCNCCC2N3)c1F. The number of nitrogens with one attached hydrogen (secondary N) is 2. The van der Waals surface area contributed by atoms with Gasteiger partial charge in [-0.2, -0.15) is 0 Å². The van der Waals surface area contributed by atoms with Crippen molar-refractivity contribution in [2.45, 2.75) is 24.8 Å². The minimum absolute atomic E-state index is 0.351. The smallest absolute Gasteiger partial charge is 0.166 e. The van der Waals surface area contributed by atoms with Gasteiger partial charge in [0.1, 0.15) is 0 Å². The van der Waals surface area contributed by atoms with Gasteiger partial charge in [0.05, 0.1) is 0 Å². The Morgan fingerprint density at radius 2 is 1.68 bits per heavy atom. The van der Waals surface area contributed by atoms with Crippen molar-refractivity contribution in [2.75, 3.05) is 18.4 Å². The van der Waals surface area contributed by atoms with Gasteiger partial charge in [-0.15, -0.1) is 0 Å². The summed E-state index contributed by atoms with van der Waals surface area (Å²) in [5, 5.41) is 6.98. The van der Waals surface area contributed by atoms with E-state index in [1.165, 1.54) is 6.07 Å². The molecule has 22 heavy (non-hydrogen) atoms. The Labute approximate surface area is 128 Å². The van der Waals surface area contributed by atoms with E-state index in [0.717, 1.165) is 42.7 Å². The molecule has 2 aliphatic rings. The molecule has 2 aromatic carbocycles. The Bertz CT molecular complexity index is 714. The second-order valence-corrected chi connectivity index (χ2v) is 6.05. The quantitative estimate of drug-likeness (QED) is 0.835. The van der Waals surface area contributed by atoms with Crippen LogP contribution < -0.4 is 10.6 Å². The molecule has 0 aliphatic carbocycles. The first kappa shape index (κ1) is 13.7. The highest BCUT2D eigenvalue weighted by Gasteiger charge is 2.35. The van der Waals surface area contributed by atoms with Crippen molar-refractivity contribution in [3.05, 3.63) is 53.6 Å². The molecule has 2 heterocycles. The van der Waals surface area contributed by atoms with Crippen molar-refractivity contribution in [3.8, 4) is 11.1 Å². The summed E-state index contributed by atoms with van der Waals surface area (Å²) in [6, 6.07) is 10.6. The predicted molar refractivity (Wildman–Crippen MR) is 84.0 cm³/mol. The lowest BCUT2D eigenvalue weighted by Crippen LogP contribution is -2.21. The van der Waals surface area contributed by atoms with Crippen LogP contribution >= 0.6 is 0 Å². The average Bonchev–Trinajstić information content (AvgIpc) is 2.72. The molecule has 1 saturated heterocycles. The summed E-state index contributed by atoms with van der Waals surface area (Å²) in [6.45, 7) is 1.95. The van der Waals surface area contributed by atoms with Gasteiger partial charge in [0.25, 0.3) is 0 Å². The van der Waals surface area contributed by atoms with E-state index in [9.17, 15) is 8.78 Å². The number of fused-ring (bicyclic) bond motifs is 3. The summed E-state index contributed by atoms with van der Waals surface area (Å²) in [5.74, 6) is -1.20. The van der Waals surface area contributed by atoms with E-state index in [4.69, 9.17) is 0 Å². The summed E-state index contributed by atoms with van der Waals surface area (Å²) in [4.78, 5) is 0. The van der Waals surface area contributed by atoms with E-state index in [2.05, 4.69) is 10.6 Å². The number of rotatable bonds is 1. The maximum atomic E-state index is 14.3. The van der Waals surface area contributed by atoms with Gasteiger partial charge in [0.15, 0.2) is 11.6 Å². The van der Waals surface area contributed by atoms with Crippen molar-refractivity contribution >= 4 is 5.69 Å². The van der Waals surface area contributed by atoms with Crippen LogP contribution in [0.5, 0.6) is 0 Å². The zero-order valence-corrected chi connectivity index (χ0v) is 12.2. The molecule has 2 N–H and O–H groups in total. The van der Waals surface area contributed by atoms with Crippen LogP contribution in [0.25, 0.3) is 11.1 Å². The van der Waals surface area contributed by atoms with Crippen LogP contribution in [0.4, 0.5) is 14.5 Å². The number of anilines is 1. The number of halogens is 2. The Balaban J connectivity index is 1.87. The van der Waals surface area contributed by atoms with E-state index < -0.39 is 11.6 Å². The summed E-state index contributed by atoms with van der Waals surface area (Å²) in [6.07, 6.45) is 2.06. The van der Waals surface area contributed by atoms with Crippen LogP contribution in [-0.4, -0.2) is 19.1 Å². The minimum atomic E-state index is -0.792. The lowest BCUT2D eigenvalue weighted by molar-refractivity contribution is 0.511. The van der Waals surface area contributed by atoms with Crippen LogP contribution in [0.1, 0.15) is 24.3 Å². The summed E-state index contributed by atoms with van der Waals surface area (Å²) < 4.78 is 27.9. The van der Waals surface area contributed by atoms with E-state index in [1.807, 2.05) is 18.2 Å². The average molecular weight is 300 g/mol. The van der Waals surface area contributed by atoms with Crippen molar-refractivity contribution in [3.63, 3.8) is 0 Å². The Hall–Kier alpha value is -1.94. The molecular weight excluding hydrogens is 282 g/mol. The van der Waals surface area contributed by atoms with Crippen LogP contribution in [-0.2, 0) is 0 Å². The second kappa shape index (κ2) is 5.36. The normalized spacial score (nSPS) is 23.4. The van der Waals surface area contributed by atoms with Gasteiger partial charge in [-0.25, -0.2) is 8.78 Å². The largest absolute Gasteiger partial charge is 0.381 e. The maximum absolute atomic E-state index is 14.3. The molecule has 2 aliphatic heterocycles. The third kappa shape index (κ3) is 2.10. The van der Waals surface area contributed by atoms with Crippen LogP contribution in [0.15, 0.2) is 36.4 Å². The van der Waals surface area contributed by atoms with Crippen molar-refractivity contribution < 1.29 is 8.78 Å². The molecule has 2 atom stereocenters. The van der Waals surface area contributed by atoms with E-state index >= 15 is 0 Å². The molecule has 0 aromatic heterocycles. The standard InChI is InChI=1S/C18H18F2N2/c19-14-5-1-4-12(18(14)20)11-3-2-6-16-17(11)13-7-9-21-10-8-15(13)22-16/h1-6,13,15,21-22H,7-10H2. The zero-order chi connectivity index (χ0) is 15.1. The highest BCUT2D eigenvalue weighted by molar-refractivity contribution is 5.78. The fourth-order valence-corrected chi connectivity index (χ4v) is 3.80. The van der Waals surface area contributed by atoms with Crippen molar-refractivity contribution in [1.82, 2.24) is 5.32 Å². The van der Waals surface area contributed by atoms with Gasteiger partial charge >= 0.3 is 0 Å². The van der Waals surface area contributed by atoms with Crippen molar-refractivity contribution in [2.24, 2.45) is 0 Å². The predicted octanol–water partition coefficient (Wildman–Crippen LogP) is 3.89. The Morgan fingerprint density at radius 3 is 2.59 bits per heavy atom.